The van der Waals surface area contributed by atoms with Gasteiger partial charge in [0.25, 0.3) is 0 Å². The highest BCUT2D eigenvalue weighted by atomic mass is 19.4. The molecule has 0 bridgehead atoms. The summed E-state index contributed by atoms with van der Waals surface area (Å²) in [6.07, 6.45) is 1.32. The van der Waals surface area contributed by atoms with Crippen molar-refractivity contribution in [2.75, 3.05) is 18.0 Å². The Morgan fingerprint density at radius 3 is 2.62 bits per heavy atom. The SMILES string of the molecule is FC(F)(F)c1nc(N2CCC(n3cncn3)CC2)c2[nH]cnc2n1. The molecule has 0 saturated carbocycles. The van der Waals surface area contributed by atoms with E-state index in [0.717, 1.165) is 12.8 Å². The summed E-state index contributed by atoms with van der Waals surface area (Å²) in [5, 5.41) is 4.12. The van der Waals surface area contributed by atoms with Crippen molar-refractivity contribution in [3.63, 3.8) is 0 Å². The predicted molar refractivity (Wildman–Crippen MR) is 77.2 cm³/mol. The summed E-state index contributed by atoms with van der Waals surface area (Å²) in [5.41, 5.74) is 0.438. The first-order valence-corrected chi connectivity index (χ1v) is 7.40. The maximum atomic E-state index is 13.0. The number of hydrogen-bond acceptors (Lipinski definition) is 6. The topological polar surface area (TPSA) is 88.4 Å². The number of imidazole rings is 1. The van der Waals surface area contributed by atoms with Crippen LogP contribution in [0.3, 0.4) is 0 Å². The minimum atomic E-state index is -4.61. The van der Waals surface area contributed by atoms with Crippen molar-refractivity contribution >= 4 is 17.0 Å². The van der Waals surface area contributed by atoms with Crippen LogP contribution in [0.5, 0.6) is 0 Å². The van der Waals surface area contributed by atoms with E-state index < -0.39 is 12.0 Å². The van der Waals surface area contributed by atoms with Crippen LogP contribution in [-0.4, -0.2) is 47.8 Å². The Balaban J connectivity index is 1.63. The average Bonchev–Trinajstić information content (AvgIpc) is 3.24. The van der Waals surface area contributed by atoms with Crippen LogP contribution in [0.1, 0.15) is 24.7 Å². The van der Waals surface area contributed by atoms with Gasteiger partial charge in [0.1, 0.15) is 18.2 Å². The van der Waals surface area contributed by atoms with Crippen molar-refractivity contribution in [1.29, 1.82) is 0 Å². The van der Waals surface area contributed by atoms with Crippen LogP contribution >= 0.6 is 0 Å². The predicted octanol–water partition coefficient (Wildman–Crippen LogP) is 1.80. The van der Waals surface area contributed by atoms with Gasteiger partial charge in [-0.1, -0.05) is 0 Å². The number of H-pyrrole nitrogens is 1. The van der Waals surface area contributed by atoms with Crippen molar-refractivity contribution in [1.82, 2.24) is 34.7 Å². The summed E-state index contributed by atoms with van der Waals surface area (Å²) in [6.45, 7) is 1.12. The third-order valence-electron chi connectivity index (χ3n) is 4.09. The number of alkyl halides is 3. The van der Waals surface area contributed by atoms with E-state index in [9.17, 15) is 13.2 Å². The fraction of sp³-hybridized carbons (Fsp3) is 0.462. The molecular formula is C13H13F3N8. The Morgan fingerprint density at radius 1 is 1.17 bits per heavy atom. The highest BCUT2D eigenvalue weighted by Gasteiger charge is 2.37. The van der Waals surface area contributed by atoms with Crippen LogP contribution in [0.15, 0.2) is 19.0 Å². The van der Waals surface area contributed by atoms with Crippen LogP contribution in [0.25, 0.3) is 11.2 Å². The van der Waals surface area contributed by atoms with Gasteiger partial charge >= 0.3 is 6.18 Å². The number of nitrogens with one attached hydrogen (secondary N) is 1. The van der Waals surface area contributed by atoms with Crippen molar-refractivity contribution in [3.05, 3.63) is 24.8 Å². The van der Waals surface area contributed by atoms with Crippen molar-refractivity contribution < 1.29 is 13.2 Å². The lowest BCUT2D eigenvalue weighted by molar-refractivity contribution is -0.144. The van der Waals surface area contributed by atoms with Gasteiger partial charge in [0, 0.05) is 13.1 Å². The molecule has 126 valence electrons. The highest BCUT2D eigenvalue weighted by molar-refractivity contribution is 5.83. The summed E-state index contributed by atoms with van der Waals surface area (Å²) in [6, 6.07) is 0.185. The standard InChI is InChI=1S/C13H13F3N8/c14-13(15,16)12-21-10-9(18-6-19-10)11(22-12)23-3-1-8(2-4-23)24-7-17-5-20-24/h5-8H,1-4H2,(H,18,19,21,22). The molecule has 1 aliphatic heterocycles. The lowest BCUT2D eigenvalue weighted by Gasteiger charge is -2.32. The second-order valence-corrected chi connectivity index (χ2v) is 5.56. The molecule has 3 aromatic heterocycles. The van der Waals surface area contributed by atoms with Crippen LogP contribution in [0, 0.1) is 0 Å². The Bertz CT molecular complexity index is 833. The molecule has 0 radical (unpaired) electrons. The number of piperidine rings is 1. The third-order valence-corrected chi connectivity index (χ3v) is 4.09. The number of fused-ring (bicyclic) bond motifs is 1. The zero-order chi connectivity index (χ0) is 16.7. The summed E-state index contributed by atoms with van der Waals surface area (Å²) >= 11 is 0. The van der Waals surface area contributed by atoms with E-state index >= 15 is 0 Å². The number of aromatic nitrogens is 7. The number of rotatable bonds is 2. The number of anilines is 1. The van der Waals surface area contributed by atoms with Crippen molar-refractivity contribution in [2.45, 2.75) is 25.1 Å². The van der Waals surface area contributed by atoms with E-state index in [2.05, 4.69) is 30.0 Å². The van der Waals surface area contributed by atoms with Crippen molar-refractivity contribution in [3.8, 4) is 0 Å². The largest absolute Gasteiger partial charge is 0.451 e. The minimum absolute atomic E-state index is 0.0192. The summed E-state index contributed by atoms with van der Waals surface area (Å²) in [7, 11) is 0. The monoisotopic (exact) mass is 338 g/mol. The number of nitrogens with zero attached hydrogens (tertiary/aromatic N) is 7. The molecule has 8 nitrogen and oxygen atoms in total. The molecule has 1 N–H and O–H groups in total. The molecule has 1 fully saturated rings. The maximum absolute atomic E-state index is 13.0. The second-order valence-electron chi connectivity index (χ2n) is 5.56. The summed E-state index contributed by atoms with van der Waals surface area (Å²) in [4.78, 5) is 19.7. The normalized spacial score (nSPS) is 16.9. The Kier molecular flexibility index (Phi) is 3.36. The average molecular weight is 338 g/mol. The van der Waals surface area contributed by atoms with E-state index in [1.807, 2.05) is 4.90 Å². The molecule has 24 heavy (non-hydrogen) atoms. The molecule has 4 rings (SSSR count). The smallest absolute Gasteiger partial charge is 0.355 e. The molecule has 0 unspecified atom stereocenters. The van der Waals surface area contributed by atoms with Crippen LogP contribution in [-0.2, 0) is 6.18 Å². The fourth-order valence-electron chi connectivity index (χ4n) is 2.92. The molecule has 11 heteroatoms. The van der Waals surface area contributed by atoms with Gasteiger partial charge < -0.3 is 9.88 Å². The Morgan fingerprint density at radius 2 is 1.96 bits per heavy atom. The first-order valence-electron chi connectivity index (χ1n) is 7.40. The van der Waals surface area contributed by atoms with Gasteiger partial charge in [-0.25, -0.2) is 24.6 Å². The van der Waals surface area contributed by atoms with E-state index in [4.69, 9.17) is 0 Å². The maximum Gasteiger partial charge on any atom is 0.451 e. The third kappa shape index (κ3) is 2.55. The molecule has 1 aliphatic rings. The van der Waals surface area contributed by atoms with Crippen LogP contribution in [0.2, 0.25) is 0 Å². The number of aromatic amines is 1. The van der Waals surface area contributed by atoms with E-state index in [-0.39, 0.29) is 17.5 Å². The minimum Gasteiger partial charge on any atom is -0.355 e. The molecule has 1 saturated heterocycles. The molecule has 0 spiro atoms. The lowest BCUT2D eigenvalue weighted by Crippen LogP contribution is -2.36. The Hall–Kier alpha value is -2.72. The molecule has 0 aliphatic carbocycles. The zero-order valence-electron chi connectivity index (χ0n) is 12.4. The quantitative estimate of drug-likeness (QED) is 0.767. The van der Waals surface area contributed by atoms with Gasteiger partial charge in [-0.05, 0) is 12.8 Å². The summed E-state index contributed by atoms with van der Waals surface area (Å²) in [5.74, 6) is -0.933. The first-order chi connectivity index (χ1) is 11.5. The van der Waals surface area contributed by atoms with Gasteiger partial charge in [-0.3, -0.25) is 0 Å². The van der Waals surface area contributed by atoms with Crippen LogP contribution < -0.4 is 4.90 Å². The lowest BCUT2D eigenvalue weighted by atomic mass is 10.1. The van der Waals surface area contributed by atoms with Gasteiger partial charge in [-0.15, -0.1) is 0 Å². The van der Waals surface area contributed by atoms with Gasteiger partial charge in [0.15, 0.2) is 11.5 Å². The fourth-order valence-corrected chi connectivity index (χ4v) is 2.92. The van der Waals surface area contributed by atoms with Gasteiger partial charge in [-0.2, -0.15) is 18.3 Å². The first kappa shape index (κ1) is 14.8. The van der Waals surface area contributed by atoms with Gasteiger partial charge in [0.05, 0.1) is 12.4 Å². The molecule has 0 aromatic carbocycles. The highest BCUT2D eigenvalue weighted by Crippen LogP contribution is 2.32. The van der Waals surface area contributed by atoms with E-state index in [1.54, 1.807) is 11.0 Å². The van der Waals surface area contributed by atoms with Crippen molar-refractivity contribution in [2.24, 2.45) is 0 Å². The molecule has 0 atom stereocenters. The molecule has 4 heterocycles. The molecule has 3 aromatic rings. The second kappa shape index (κ2) is 5.42. The van der Waals surface area contributed by atoms with Crippen LogP contribution in [0.4, 0.5) is 19.0 Å². The molecule has 0 amide bonds. The number of halogens is 3. The number of hydrogen-bond donors (Lipinski definition) is 1. The van der Waals surface area contributed by atoms with Gasteiger partial charge in [0.2, 0.25) is 5.82 Å². The molecular weight excluding hydrogens is 325 g/mol. The zero-order valence-corrected chi connectivity index (χ0v) is 12.4. The summed E-state index contributed by atoms with van der Waals surface area (Å²) < 4.78 is 40.8. The Labute approximate surface area is 133 Å². The van der Waals surface area contributed by atoms with E-state index in [0.29, 0.717) is 18.6 Å². The van der Waals surface area contributed by atoms with E-state index in [1.165, 1.54) is 12.7 Å².